The highest BCUT2D eigenvalue weighted by Crippen LogP contribution is 2.27. The van der Waals surface area contributed by atoms with Crippen molar-refractivity contribution in [3.05, 3.63) is 39.1 Å². The molecule has 1 unspecified atom stereocenters. The van der Waals surface area contributed by atoms with E-state index < -0.39 is 10.0 Å². The van der Waals surface area contributed by atoms with E-state index in [0.29, 0.717) is 4.96 Å². The zero-order valence-corrected chi connectivity index (χ0v) is 13.5. The van der Waals surface area contributed by atoms with Crippen molar-refractivity contribution >= 4 is 49.3 Å². The molecule has 0 spiro atoms. The van der Waals surface area contributed by atoms with E-state index in [1.807, 2.05) is 16.8 Å². The SMILES string of the molecule is CC(NS(=O)(=O)c1c(Cl)nc2sccn12)c1ccsc1. The van der Waals surface area contributed by atoms with Gasteiger partial charge in [-0.1, -0.05) is 11.6 Å². The molecule has 9 heteroatoms. The summed E-state index contributed by atoms with van der Waals surface area (Å²) in [5.74, 6) is 0. The monoisotopic (exact) mass is 347 g/mol. The molecule has 1 atom stereocenters. The summed E-state index contributed by atoms with van der Waals surface area (Å²) in [6, 6.07) is 1.56. The average Bonchev–Trinajstić information content (AvgIpc) is 3.01. The van der Waals surface area contributed by atoms with Gasteiger partial charge in [-0.2, -0.15) is 11.3 Å². The van der Waals surface area contributed by atoms with Gasteiger partial charge in [0.15, 0.2) is 15.1 Å². The second-order valence-electron chi connectivity index (χ2n) is 4.16. The fraction of sp³-hybridized carbons (Fsp3) is 0.182. The maximum Gasteiger partial charge on any atom is 0.260 e. The molecule has 20 heavy (non-hydrogen) atoms. The topological polar surface area (TPSA) is 63.5 Å². The molecule has 0 aliphatic heterocycles. The lowest BCUT2D eigenvalue weighted by Crippen LogP contribution is -2.27. The maximum absolute atomic E-state index is 12.5. The average molecular weight is 348 g/mol. The Labute approximate surface area is 128 Å². The summed E-state index contributed by atoms with van der Waals surface area (Å²) in [5.41, 5.74) is 0.917. The van der Waals surface area contributed by atoms with Crippen LogP contribution in [-0.2, 0) is 10.0 Å². The number of nitrogens with one attached hydrogen (secondary N) is 1. The fourth-order valence-corrected chi connectivity index (χ4v) is 5.30. The molecule has 0 saturated heterocycles. The first-order valence-electron chi connectivity index (χ1n) is 5.64. The van der Waals surface area contributed by atoms with E-state index in [4.69, 9.17) is 11.6 Å². The Morgan fingerprint density at radius 2 is 2.25 bits per heavy atom. The van der Waals surface area contributed by atoms with Crippen molar-refractivity contribution in [2.75, 3.05) is 0 Å². The van der Waals surface area contributed by atoms with Crippen LogP contribution >= 0.6 is 34.3 Å². The molecule has 0 bridgehead atoms. The largest absolute Gasteiger partial charge is 0.279 e. The molecule has 0 fully saturated rings. The van der Waals surface area contributed by atoms with Crippen molar-refractivity contribution in [1.29, 1.82) is 0 Å². The lowest BCUT2D eigenvalue weighted by Gasteiger charge is -2.12. The normalized spacial score (nSPS) is 13.9. The van der Waals surface area contributed by atoms with E-state index in [-0.39, 0.29) is 16.2 Å². The van der Waals surface area contributed by atoms with Crippen molar-refractivity contribution in [3.8, 4) is 0 Å². The minimum absolute atomic E-state index is 0.0122. The molecule has 0 saturated carbocycles. The van der Waals surface area contributed by atoms with Gasteiger partial charge in [-0.15, -0.1) is 11.3 Å². The molecule has 0 aromatic carbocycles. The lowest BCUT2D eigenvalue weighted by atomic mass is 10.2. The van der Waals surface area contributed by atoms with Gasteiger partial charge in [-0.05, 0) is 29.3 Å². The molecular formula is C11H10ClN3O2S3. The molecule has 106 valence electrons. The third kappa shape index (κ3) is 2.38. The number of hydrogen-bond donors (Lipinski definition) is 1. The summed E-state index contributed by atoms with van der Waals surface area (Å²) in [4.78, 5) is 4.59. The molecule has 5 nitrogen and oxygen atoms in total. The second-order valence-corrected chi connectivity index (χ2v) is 7.80. The van der Waals surface area contributed by atoms with Gasteiger partial charge < -0.3 is 0 Å². The third-order valence-electron chi connectivity index (χ3n) is 2.81. The Bertz CT molecular complexity index is 836. The number of halogens is 1. The molecule has 0 aliphatic carbocycles. The highest BCUT2D eigenvalue weighted by Gasteiger charge is 2.27. The first-order valence-corrected chi connectivity index (χ1v) is 9.33. The van der Waals surface area contributed by atoms with E-state index in [0.717, 1.165) is 5.56 Å². The number of hydrogen-bond acceptors (Lipinski definition) is 5. The minimum atomic E-state index is -3.74. The molecule has 0 aliphatic rings. The van der Waals surface area contributed by atoms with Gasteiger partial charge in [-0.25, -0.2) is 18.1 Å². The molecule has 1 N–H and O–H groups in total. The van der Waals surface area contributed by atoms with Crippen molar-refractivity contribution < 1.29 is 8.42 Å². The number of thiophene rings is 1. The van der Waals surface area contributed by atoms with Crippen molar-refractivity contribution in [2.24, 2.45) is 0 Å². The molecule has 3 heterocycles. The summed E-state index contributed by atoms with van der Waals surface area (Å²) in [6.45, 7) is 1.79. The lowest BCUT2D eigenvalue weighted by molar-refractivity contribution is 0.562. The van der Waals surface area contributed by atoms with E-state index in [9.17, 15) is 8.42 Å². The van der Waals surface area contributed by atoms with Gasteiger partial charge >= 0.3 is 0 Å². The summed E-state index contributed by atoms with van der Waals surface area (Å²) in [5, 5.41) is 5.55. The highest BCUT2D eigenvalue weighted by atomic mass is 35.5. The molecule has 3 rings (SSSR count). The first-order chi connectivity index (χ1) is 9.49. The maximum atomic E-state index is 12.5. The van der Waals surface area contributed by atoms with E-state index in [1.54, 1.807) is 18.5 Å². The molecule has 3 aromatic rings. The number of nitrogens with zero attached hydrogens (tertiary/aromatic N) is 2. The minimum Gasteiger partial charge on any atom is -0.279 e. The van der Waals surface area contributed by atoms with Gasteiger partial charge in [0.25, 0.3) is 10.0 Å². The van der Waals surface area contributed by atoms with Crippen molar-refractivity contribution in [3.63, 3.8) is 0 Å². The molecule has 0 amide bonds. The first kappa shape index (κ1) is 14.0. The van der Waals surface area contributed by atoms with Crippen LogP contribution < -0.4 is 4.72 Å². The van der Waals surface area contributed by atoms with Gasteiger partial charge in [0.2, 0.25) is 0 Å². The number of fused-ring (bicyclic) bond motifs is 1. The predicted molar refractivity (Wildman–Crippen MR) is 81.1 cm³/mol. The van der Waals surface area contributed by atoms with Crippen LogP contribution in [0.5, 0.6) is 0 Å². The quantitative estimate of drug-likeness (QED) is 0.788. The van der Waals surface area contributed by atoms with E-state index in [1.165, 1.54) is 27.1 Å². The van der Waals surface area contributed by atoms with Gasteiger partial charge in [0.1, 0.15) is 0 Å². The second kappa shape index (κ2) is 5.12. The number of sulfonamides is 1. The van der Waals surface area contributed by atoms with Crippen molar-refractivity contribution in [2.45, 2.75) is 18.0 Å². The highest BCUT2D eigenvalue weighted by molar-refractivity contribution is 7.89. The summed E-state index contributed by atoms with van der Waals surface area (Å²) in [6.07, 6.45) is 1.64. The Hall–Kier alpha value is -0.930. The van der Waals surface area contributed by atoms with Gasteiger partial charge in [0.05, 0.1) is 0 Å². The molecular weight excluding hydrogens is 338 g/mol. The molecule has 0 radical (unpaired) electrons. The number of imidazole rings is 1. The zero-order valence-electron chi connectivity index (χ0n) is 10.3. The number of rotatable bonds is 4. The summed E-state index contributed by atoms with van der Waals surface area (Å²) in [7, 11) is -3.74. The fourth-order valence-electron chi connectivity index (χ4n) is 1.86. The van der Waals surface area contributed by atoms with Crippen LogP contribution in [0, 0.1) is 0 Å². The smallest absolute Gasteiger partial charge is 0.260 e. The Morgan fingerprint density at radius 1 is 1.45 bits per heavy atom. The zero-order chi connectivity index (χ0) is 14.3. The van der Waals surface area contributed by atoms with Crippen molar-refractivity contribution in [1.82, 2.24) is 14.1 Å². The van der Waals surface area contributed by atoms with Crippen LogP contribution in [0.25, 0.3) is 4.96 Å². The van der Waals surface area contributed by atoms with Gasteiger partial charge in [0, 0.05) is 17.6 Å². The predicted octanol–water partition coefficient (Wildman–Crippen LogP) is 3.15. The Kier molecular flexibility index (Phi) is 3.59. The van der Waals surface area contributed by atoms with Crippen LogP contribution in [0.1, 0.15) is 18.5 Å². The van der Waals surface area contributed by atoms with Crippen LogP contribution in [0.15, 0.2) is 33.4 Å². The van der Waals surface area contributed by atoms with E-state index >= 15 is 0 Å². The summed E-state index contributed by atoms with van der Waals surface area (Å²) < 4.78 is 29.1. The van der Waals surface area contributed by atoms with Gasteiger partial charge in [-0.3, -0.25) is 4.40 Å². The number of thiazole rings is 1. The number of aromatic nitrogens is 2. The van der Waals surface area contributed by atoms with Crippen LogP contribution in [0.2, 0.25) is 5.15 Å². The molecule has 3 aromatic heterocycles. The summed E-state index contributed by atoms with van der Waals surface area (Å²) >= 11 is 8.81. The Morgan fingerprint density at radius 3 is 2.95 bits per heavy atom. The third-order valence-corrected chi connectivity index (χ3v) is 6.20. The Balaban J connectivity index is 2.00. The van der Waals surface area contributed by atoms with Crippen LogP contribution in [0.4, 0.5) is 0 Å². The van der Waals surface area contributed by atoms with Crippen LogP contribution in [0.3, 0.4) is 0 Å². The van der Waals surface area contributed by atoms with Crippen LogP contribution in [-0.4, -0.2) is 17.8 Å². The standard InChI is InChI=1S/C11H10ClN3O2S3/c1-7(8-2-4-18-6-8)14-20(16,17)10-9(12)13-11-15(10)3-5-19-11/h2-7,14H,1H3. The van der Waals surface area contributed by atoms with E-state index in [2.05, 4.69) is 9.71 Å².